The van der Waals surface area contributed by atoms with Gasteiger partial charge in [-0.1, -0.05) is 0 Å². The number of hydrogen-bond donors (Lipinski definition) is 2. The number of nitrogens with two attached hydrogens (primary N) is 1. The van der Waals surface area contributed by atoms with Gasteiger partial charge in [0.2, 0.25) is 11.9 Å². The van der Waals surface area contributed by atoms with Crippen molar-refractivity contribution in [3.63, 3.8) is 0 Å². The van der Waals surface area contributed by atoms with Gasteiger partial charge in [-0.25, -0.2) is 4.98 Å². The summed E-state index contributed by atoms with van der Waals surface area (Å²) in [6, 6.07) is 0.111. The number of likely N-dealkylation sites (tertiary alicyclic amines) is 1. The molecule has 2 amide bonds. The van der Waals surface area contributed by atoms with Crippen LogP contribution >= 0.6 is 0 Å². The van der Waals surface area contributed by atoms with Gasteiger partial charge in [-0.3, -0.25) is 9.59 Å². The number of primary amides is 1. The molecule has 3 N–H and O–H groups in total. The van der Waals surface area contributed by atoms with Crippen LogP contribution in [0.2, 0.25) is 0 Å². The minimum absolute atomic E-state index is 0.111. The van der Waals surface area contributed by atoms with Crippen molar-refractivity contribution in [2.75, 3.05) is 18.4 Å². The van der Waals surface area contributed by atoms with Crippen molar-refractivity contribution in [3.05, 3.63) is 11.9 Å². The number of carbonyl (C=O) groups excluding carboxylic acids is 2. The molecule has 21 heavy (non-hydrogen) atoms. The number of aromatic nitrogens is 2. The average molecular weight is 291 g/mol. The molecular formula is C14H21N5O2. The SMILES string of the molecule is CC1CCC(C(N)=O)CN1C(=O)c1cn2c(n1)NCCC2. The zero-order valence-corrected chi connectivity index (χ0v) is 12.2. The first-order valence-corrected chi connectivity index (χ1v) is 7.47. The van der Waals surface area contributed by atoms with Crippen LogP contribution in [-0.2, 0) is 11.3 Å². The van der Waals surface area contributed by atoms with Gasteiger partial charge in [-0.05, 0) is 26.2 Å². The molecule has 1 aromatic heterocycles. The van der Waals surface area contributed by atoms with Crippen LogP contribution in [0.15, 0.2) is 6.20 Å². The topological polar surface area (TPSA) is 93.3 Å². The van der Waals surface area contributed by atoms with Gasteiger partial charge in [-0.15, -0.1) is 0 Å². The van der Waals surface area contributed by atoms with E-state index in [1.165, 1.54) is 0 Å². The Morgan fingerprint density at radius 1 is 1.43 bits per heavy atom. The van der Waals surface area contributed by atoms with E-state index < -0.39 is 0 Å². The molecular weight excluding hydrogens is 270 g/mol. The summed E-state index contributed by atoms with van der Waals surface area (Å²) in [6.45, 7) is 4.16. The quantitative estimate of drug-likeness (QED) is 0.826. The van der Waals surface area contributed by atoms with Crippen LogP contribution in [0.25, 0.3) is 0 Å². The summed E-state index contributed by atoms with van der Waals surface area (Å²) < 4.78 is 1.97. The lowest BCUT2D eigenvalue weighted by molar-refractivity contribution is -0.123. The fourth-order valence-electron chi connectivity index (χ4n) is 3.05. The van der Waals surface area contributed by atoms with E-state index in [4.69, 9.17) is 5.73 Å². The second-order valence-corrected chi connectivity index (χ2v) is 5.91. The number of anilines is 1. The first-order chi connectivity index (χ1) is 10.1. The number of nitrogens with zero attached hydrogens (tertiary/aromatic N) is 3. The van der Waals surface area contributed by atoms with E-state index in [1.54, 1.807) is 11.1 Å². The molecule has 1 fully saturated rings. The number of carbonyl (C=O) groups is 2. The van der Waals surface area contributed by atoms with Gasteiger partial charge in [0.1, 0.15) is 5.69 Å². The van der Waals surface area contributed by atoms with Crippen LogP contribution in [0.4, 0.5) is 5.95 Å². The first-order valence-electron chi connectivity index (χ1n) is 7.47. The maximum atomic E-state index is 12.7. The predicted molar refractivity (Wildman–Crippen MR) is 77.8 cm³/mol. The van der Waals surface area contributed by atoms with Gasteiger partial charge in [0.25, 0.3) is 5.91 Å². The number of fused-ring (bicyclic) bond motifs is 1. The van der Waals surface area contributed by atoms with E-state index in [1.807, 2.05) is 11.5 Å². The number of amides is 2. The van der Waals surface area contributed by atoms with E-state index in [-0.39, 0.29) is 23.8 Å². The Balaban J connectivity index is 1.79. The molecule has 2 aliphatic heterocycles. The molecule has 7 heteroatoms. The minimum Gasteiger partial charge on any atom is -0.369 e. The largest absolute Gasteiger partial charge is 0.369 e. The summed E-state index contributed by atoms with van der Waals surface area (Å²) in [5.41, 5.74) is 5.83. The second kappa shape index (κ2) is 5.38. The summed E-state index contributed by atoms with van der Waals surface area (Å²) in [7, 11) is 0. The van der Waals surface area contributed by atoms with Crippen molar-refractivity contribution in [1.29, 1.82) is 0 Å². The summed E-state index contributed by atoms with van der Waals surface area (Å²) in [5, 5.41) is 3.19. The van der Waals surface area contributed by atoms with Crippen molar-refractivity contribution in [2.24, 2.45) is 11.7 Å². The molecule has 2 atom stereocenters. The number of hydrogen-bond acceptors (Lipinski definition) is 4. The number of imidazole rings is 1. The normalized spacial score (nSPS) is 25.1. The summed E-state index contributed by atoms with van der Waals surface area (Å²) in [5.74, 6) is 0.0591. The van der Waals surface area contributed by atoms with E-state index in [0.29, 0.717) is 12.2 Å². The molecule has 0 spiro atoms. The van der Waals surface area contributed by atoms with Crippen molar-refractivity contribution in [3.8, 4) is 0 Å². The highest BCUT2D eigenvalue weighted by Crippen LogP contribution is 2.24. The third-order valence-electron chi connectivity index (χ3n) is 4.40. The molecule has 0 aromatic carbocycles. The Hall–Kier alpha value is -2.05. The minimum atomic E-state index is -0.328. The molecule has 7 nitrogen and oxygen atoms in total. The Labute approximate surface area is 123 Å². The summed E-state index contributed by atoms with van der Waals surface area (Å²) in [6.07, 6.45) is 4.37. The molecule has 1 saturated heterocycles. The molecule has 2 unspecified atom stereocenters. The summed E-state index contributed by atoms with van der Waals surface area (Å²) in [4.78, 5) is 30.1. The van der Waals surface area contributed by atoms with Crippen LogP contribution in [0.5, 0.6) is 0 Å². The Morgan fingerprint density at radius 3 is 2.95 bits per heavy atom. The van der Waals surface area contributed by atoms with Crippen molar-refractivity contribution < 1.29 is 9.59 Å². The van der Waals surface area contributed by atoms with Crippen molar-refractivity contribution in [1.82, 2.24) is 14.5 Å². The van der Waals surface area contributed by atoms with Crippen molar-refractivity contribution in [2.45, 2.75) is 38.8 Å². The van der Waals surface area contributed by atoms with Gasteiger partial charge in [0, 0.05) is 31.9 Å². The Kier molecular flexibility index (Phi) is 3.57. The van der Waals surface area contributed by atoms with Gasteiger partial charge >= 0.3 is 0 Å². The molecule has 0 bridgehead atoms. The molecule has 114 valence electrons. The Bertz CT molecular complexity index is 544. The fraction of sp³-hybridized carbons (Fsp3) is 0.643. The smallest absolute Gasteiger partial charge is 0.274 e. The third kappa shape index (κ3) is 2.59. The molecule has 3 heterocycles. The van der Waals surface area contributed by atoms with Gasteiger partial charge in [0.15, 0.2) is 0 Å². The number of aryl methyl sites for hydroxylation is 1. The van der Waals surface area contributed by atoms with Crippen LogP contribution in [0.3, 0.4) is 0 Å². The highest BCUT2D eigenvalue weighted by molar-refractivity contribution is 5.93. The number of rotatable bonds is 2. The maximum absolute atomic E-state index is 12.7. The van der Waals surface area contributed by atoms with Crippen molar-refractivity contribution >= 4 is 17.8 Å². The Morgan fingerprint density at radius 2 is 2.24 bits per heavy atom. The molecule has 2 aliphatic rings. The van der Waals surface area contributed by atoms with Crippen LogP contribution < -0.4 is 11.1 Å². The molecule has 3 rings (SSSR count). The van der Waals surface area contributed by atoms with Crippen LogP contribution in [0.1, 0.15) is 36.7 Å². The fourth-order valence-corrected chi connectivity index (χ4v) is 3.05. The van der Waals surface area contributed by atoms with Crippen LogP contribution in [0, 0.1) is 5.92 Å². The highest BCUT2D eigenvalue weighted by atomic mass is 16.2. The zero-order chi connectivity index (χ0) is 15.0. The molecule has 0 radical (unpaired) electrons. The highest BCUT2D eigenvalue weighted by Gasteiger charge is 2.33. The van der Waals surface area contributed by atoms with Gasteiger partial charge < -0.3 is 20.5 Å². The van der Waals surface area contributed by atoms with E-state index >= 15 is 0 Å². The second-order valence-electron chi connectivity index (χ2n) is 5.91. The lowest BCUT2D eigenvalue weighted by Crippen LogP contribution is -2.48. The van der Waals surface area contributed by atoms with Gasteiger partial charge in [0.05, 0.1) is 5.92 Å². The molecule has 1 aromatic rings. The van der Waals surface area contributed by atoms with Crippen LogP contribution in [-0.4, -0.2) is 45.4 Å². The van der Waals surface area contributed by atoms with E-state index in [9.17, 15) is 9.59 Å². The third-order valence-corrected chi connectivity index (χ3v) is 4.40. The lowest BCUT2D eigenvalue weighted by atomic mass is 9.92. The number of piperidine rings is 1. The standard InChI is InChI=1S/C14H21N5O2/c1-9-3-4-10(12(15)20)7-19(9)13(21)11-8-18-6-2-5-16-14(18)17-11/h8-10H,2-7H2,1H3,(H2,15,20)(H,16,17). The van der Waals surface area contributed by atoms with E-state index in [0.717, 1.165) is 38.3 Å². The molecule has 0 aliphatic carbocycles. The first kappa shape index (κ1) is 13.9. The number of nitrogens with one attached hydrogen (secondary N) is 1. The predicted octanol–water partition coefficient (Wildman–Crippen LogP) is 0.425. The summed E-state index contributed by atoms with van der Waals surface area (Å²) >= 11 is 0. The monoisotopic (exact) mass is 291 g/mol. The lowest BCUT2D eigenvalue weighted by Gasteiger charge is -2.36. The molecule has 0 saturated carbocycles. The van der Waals surface area contributed by atoms with Gasteiger partial charge in [-0.2, -0.15) is 0 Å². The maximum Gasteiger partial charge on any atom is 0.274 e. The van der Waals surface area contributed by atoms with E-state index in [2.05, 4.69) is 10.3 Å². The zero-order valence-electron chi connectivity index (χ0n) is 12.2. The average Bonchev–Trinajstić information content (AvgIpc) is 2.90.